The number of carbonyl (C=O) groups excluding carboxylic acids is 2. The predicted octanol–water partition coefficient (Wildman–Crippen LogP) is 3.39. The molecule has 1 amide bonds. The molecule has 2 aliphatic heterocycles. The summed E-state index contributed by atoms with van der Waals surface area (Å²) in [5, 5.41) is 0. The van der Waals surface area contributed by atoms with Crippen molar-refractivity contribution in [1.29, 1.82) is 0 Å². The molecule has 31 heavy (non-hydrogen) atoms. The molecule has 11 heteroatoms. The Balaban J connectivity index is 1.66. The minimum atomic E-state index is -4.64. The highest BCUT2D eigenvalue weighted by Gasteiger charge is 2.43. The second-order valence-electron chi connectivity index (χ2n) is 7.45. The van der Waals surface area contributed by atoms with Crippen molar-refractivity contribution in [3.8, 4) is 0 Å². The molecule has 168 valence electrons. The molecule has 1 fully saturated rings. The van der Waals surface area contributed by atoms with Gasteiger partial charge in [-0.2, -0.15) is 13.2 Å². The van der Waals surface area contributed by atoms with Crippen molar-refractivity contribution in [3.63, 3.8) is 0 Å². The molecule has 0 aliphatic carbocycles. The van der Waals surface area contributed by atoms with Crippen LogP contribution in [0.25, 0.3) is 0 Å². The number of nitrogens with zero attached hydrogens (tertiary/aromatic N) is 3. The number of alkyl halides is 3. The van der Waals surface area contributed by atoms with E-state index >= 15 is 0 Å². The van der Waals surface area contributed by atoms with Crippen LogP contribution in [0.3, 0.4) is 0 Å². The summed E-state index contributed by atoms with van der Waals surface area (Å²) in [7, 11) is 0. The van der Waals surface area contributed by atoms with Crippen molar-refractivity contribution in [2.75, 3.05) is 19.6 Å². The summed E-state index contributed by atoms with van der Waals surface area (Å²) in [6, 6.07) is 0.297. The average Bonchev–Trinajstić information content (AvgIpc) is 2.84. The number of fused-ring (bicyclic) bond motifs is 1. The fourth-order valence-corrected chi connectivity index (χ4v) is 3.47. The molecule has 1 unspecified atom stereocenters. The largest absolute Gasteiger partial charge is 0.449 e. The van der Waals surface area contributed by atoms with Gasteiger partial charge in [0.1, 0.15) is 11.6 Å². The maximum atomic E-state index is 13.7. The first kappa shape index (κ1) is 22.8. The number of halogens is 6. The minimum Gasteiger partial charge on any atom is -0.335 e. The van der Waals surface area contributed by atoms with Gasteiger partial charge in [0.15, 0.2) is 11.6 Å². The van der Waals surface area contributed by atoms with Crippen molar-refractivity contribution >= 4 is 17.5 Å². The van der Waals surface area contributed by atoms with Gasteiger partial charge in [-0.3, -0.25) is 14.6 Å². The number of aliphatic imine (C=N–C) groups is 1. The van der Waals surface area contributed by atoms with Crippen LogP contribution in [0.15, 0.2) is 28.9 Å². The quantitative estimate of drug-likeness (QED) is 0.404. The van der Waals surface area contributed by atoms with Crippen LogP contribution in [-0.2, 0) is 16.0 Å². The van der Waals surface area contributed by atoms with Crippen molar-refractivity contribution in [1.82, 2.24) is 9.80 Å². The molecule has 2 heterocycles. The van der Waals surface area contributed by atoms with Gasteiger partial charge in [-0.1, -0.05) is 6.08 Å². The van der Waals surface area contributed by atoms with Gasteiger partial charge in [0.05, 0.1) is 19.0 Å². The maximum absolute atomic E-state index is 13.7. The lowest BCUT2D eigenvalue weighted by molar-refractivity contribution is -0.135. The molecule has 0 saturated carbocycles. The highest BCUT2D eigenvalue weighted by atomic mass is 19.4. The first-order valence-electron chi connectivity index (χ1n) is 9.50. The Labute approximate surface area is 174 Å². The molecule has 1 saturated heterocycles. The van der Waals surface area contributed by atoms with E-state index in [0.29, 0.717) is 12.1 Å². The zero-order valence-corrected chi connectivity index (χ0v) is 16.5. The van der Waals surface area contributed by atoms with Crippen LogP contribution in [-0.4, -0.2) is 59.2 Å². The third-order valence-corrected chi connectivity index (χ3v) is 5.02. The molecule has 0 N–H and O–H groups in total. The first-order chi connectivity index (χ1) is 14.5. The monoisotopic (exact) mass is 447 g/mol. The Kier molecular flexibility index (Phi) is 6.42. The van der Waals surface area contributed by atoms with E-state index in [9.17, 15) is 35.9 Å². The second kappa shape index (κ2) is 8.72. The van der Waals surface area contributed by atoms with E-state index in [0.717, 1.165) is 4.90 Å². The summed E-state index contributed by atoms with van der Waals surface area (Å²) in [5.74, 6) is -6.20. The van der Waals surface area contributed by atoms with E-state index in [1.165, 1.54) is 4.90 Å². The van der Waals surface area contributed by atoms with Gasteiger partial charge in [0.25, 0.3) is 0 Å². The lowest BCUT2D eigenvalue weighted by Gasteiger charge is -2.38. The van der Waals surface area contributed by atoms with Gasteiger partial charge in [-0.05, 0) is 25.0 Å². The molecular weight excluding hydrogens is 428 g/mol. The number of Topliss-reactive ketones (excluding diaryl/α,β-unsaturated/α-hetero) is 1. The van der Waals surface area contributed by atoms with Crippen molar-refractivity contribution < 1.29 is 35.9 Å². The van der Waals surface area contributed by atoms with Gasteiger partial charge in [-0.25, -0.2) is 13.2 Å². The summed E-state index contributed by atoms with van der Waals surface area (Å²) in [5.41, 5.74) is -0.118. The summed E-state index contributed by atoms with van der Waals surface area (Å²) in [6.45, 7) is 1.22. The van der Waals surface area contributed by atoms with Gasteiger partial charge < -0.3 is 9.80 Å². The van der Waals surface area contributed by atoms with Crippen molar-refractivity contribution in [2.24, 2.45) is 4.99 Å². The molecular formula is C20H19F6N3O2. The number of benzene rings is 1. The SMILES string of the molecule is CC1CC=C2CN(C(=O)CC(=O)Cc3cc(F)c(F)cc3F)CCN2C(C(F)(F)F)=N1. The lowest BCUT2D eigenvalue weighted by Crippen LogP contribution is -2.52. The van der Waals surface area contributed by atoms with E-state index in [2.05, 4.69) is 4.99 Å². The second-order valence-corrected chi connectivity index (χ2v) is 7.45. The van der Waals surface area contributed by atoms with Crippen molar-refractivity contribution in [3.05, 3.63) is 46.9 Å². The Hall–Kier alpha value is -2.85. The van der Waals surface area contributed by atoms with Gasteiger partial charge in [0, 0.05) is 31.3 Å². The smallest absolute Gasteiger partial charge is 0.335 e. The van der Waals surface area contributed by atoms with Gasteiger partial charge in [0.2, 0.25) is 11.7 Å². The Morgan fingerprint density at radius 1 is 1.10 bits per heavy atom. The van der Waals surface area contributed by atoms with Crippen LogP contribution in [0.5, 0.6) is 0 Å². The van der Waals surface area contributed by atoms with E-state index in [-0.39, 0.29) is 37.3 Å². The van der Waals surface area contributed by atoms with Crippen LogP contribution in [0.1, 0.15) is 25.3 Å². The zero-order valence-electron chi connectivity index (χ0n) is 16.5. The molecule has 0 radical (unpaired) electrons. The number of piperazine rings is 1. The number of carbonyl (C=O) groups is 2. The Morgan fingerprint density at radius 2 is 1.77 bits per heavy atom. The third-order valence-electron chi connectivity index (χ3n) is 5.02. The van der Waals surface area contributed by atoms with Crippen LogP contribution >= 0.6 is 0 Å². The predicted molar refractivity (Wildman–Crippen MR) is 98.6 cm³/mol. The summed E-state index contributed by atoms with van der Waals surface area (Å²) in [6.07, 6.45) is -4.04. The van der Waals surface area contributed by atoms with Crippen LogP contribution in [0.2, 0.25) is 0 Å². The topological polar surface area (TPSA) is 53.0 Å². The maximum Gasteiger partial charge on any atom is 0.449 e. The zero-order chi connectivity index (χ0) is 22.9. The Bertz CT molecular complexity index is 957. The molecule has 2 aliphatic rings. The van der Waals surface area contributed by atoms with E-state index in [4.69, 9.17) is 0 Å². The highest BCUT2D eigenvalue weighted by molar-refractivity contribution is 5.99. The molecule has 1 aromatic rings. The average molecular weight is 447 g/mol. The molecule has 1 aromatic carbocycles. The Morgan fingerprint density at radius 3 is 2.45 bits per heavy atom. The number of hydrogen-bond acceptors (Lipinski definition) is 4. The fraction of sp³-hybridized carbons (Fsp3) is 0.450. The molecule has 1 atom stereocenters. The number of amides is 1. The highest BCUT2D eigenvalue weighted by Crippen LogP contribution is 2.29. The first-order valence-corrected chi connectivity index (χ1v) is 9.50. The normalized spacial score (nSPS) is 19.4. The van der Waals surface area contributed by atoms with Crippen LogP contribution in [0, 0.1) is 17.5 Å². The van der Waals surface area contributed by atoms with Gasteiger partial charge in [-0.15, -0.1) is 0 Å². The van der Waals surface area contributed by atoms with Gasteiger partial charge >= 0.3 is 6.18 Å². The lowest BCUT2D eigenvalue weighted by atomic mass is 10.0. The van der Waals surface area contributed by atoms with Crippen LogP contribution < -0.4 is 0 Å². The van der Waals surface area contributed by atoms with Crippen LogP contribution in [0.4, 0.5) is 26.3 Å². The minimum absolute atomic E-state index is 0.0630. The number of rotatable bonds is 4. The molecule has 0 bridgehead atoms. The summed E-state index contributed by atoms with van der Waals surface area (Å²) in [4.78, 5) is 30.7. The van der Waals surface area contributed by atoms with E-state index in [1.54, 1.807) is 13.0 Å². The molecule has 0 spiro atoms. The molecule has 3 rings (SSSR count). The molecule has 5 nitrogen and oxygen atoms in total. The third kappa shape index (κ3) is 5.26. The molecule has 0 aromatic heterocycles. The summed E-state index contributed by atoms with van der Waals surface area (Å²) >= 11 is 0. The standard InChI is InChI=1S/C20H19F6N3O2/c1-11-2-3-13-10-28(4-5-29(13)19(27-11)20(24,25)26)18(31)8-14(30)6-12-7-16(22)17(23)9-15(12)21/h3,7,9,11H,2,4-6,8,10H2,1H3. The number of ketones is 1. The summed E-state index contributed by atoms with van der Waals surface area (Å²) < 4.78 is 80.1. The van der Waals surface area contributed by atoms with E-state index < -0.39 is 60.0 Å². The van der Waals surface area contributed by atoms with E-state index in [1.807, 2.05) is 0 Å². The number of hydrogen-bond donors (Lipinski definition) is 0. The van der Waals surface area contributed by atoms with Crippen molar-refractivity contribution in [2.45, 2.75) is 38.4 Å². The number of amidine groups is 1. The fourth-order valence-electron chi connectivity index (χ4n) is 3.47.